The van der Waals surface area contributed by atoms with Crippen LogP contribution in [0.25, 0.3) is 0 Å². The summed E-state index contributed by atoms with van der Waals surface area (Å²) < 4.78 is 0. The summed E-state index contributed by atoms with van der Waals surface area (Å²) >= 11 is 0. The summed E-state index contributed by atoms with van der Waals surface area (Å²) in [5, 5.41) is 0. The molecule has 0 nitrogen and oxygen atoms in total. The summed E-state index contributed by atoms with van der Waals surface area (Å²) in [7, 11) is 0. The second-order valence-corrected chi connectivity index (χ2v) is 4.09. The monoisotopic (exact) mass is 248 g/mol. The Morgan fingerprint density at radius 3 is 0.900 bits per heavy atom. The van der Waals surface area contributed by atoms with Crippen LogP contribution in [0.4, 0.5) is 0 Å². The van der Waals surface area contributed by atoms with E-state index >= 15 is 0 Å². The first-order chi connectivity index (χ1) is 9.93. The minimum absolute atomic E-state index is 0.880. The average Bonchev–Trinajstić information content (AvgIpc) is 2.49. The van der Waals surface area contributed by atoms with Gasteiger partial charge in [0.1, 0.15) is 0 Å². The molecule has 0 N–H and O–H groups in total. The van der Waals surface area contributed by atoms with Crippen molar-refractivity contribution in [2.75, 3.05) is 0 Å². The zero-order chi connectivity index (χ0) is 13.6. The predicted molar refractivity (Wildman–Crippen MR) is 80.4 cm³/mol. The highest BCUT2D eigenvalue weighted by molar-refractivity contribution is 5.57. The van der Waals surface area contributed by atoms with Crippen molar-refractivity contribution in [3.05, 3.63) is 70.8 Å². The van der Waals surface area contributed by atoms with Crippen molar-refractivity contribution in [3.8, 4) is 47.4 Å². The van der Waals surface area contributed by atoms with Crippen molar-refractivity contribution in [1.82, 2.24) is 0 Å². The van der Waals surface area contributed by atoms with E-state index in [1.807, 2.05) is 48.5 Å². The molecule has 1 aliphatic rings. The van der Waals surface area contributed by atoms with Crippen LogP contribution < -0.4 is 0 Å². The van der Waals surface area contributed by atoms with Crippen LogP contribution in [0.15, 0.2) is 48.5 Å². The maximum Gasteiger partial charge on any atom is 0.0412 e. The number of fused-ring (bicyclic) bond motifs is 2. The molecule has 0 heteroatoms. The van der Waals surface area contributed by atoms with Crippen molar-refractivity contribution in [3.63, 3.8) is 0 Å². The quantitative estimate of drug-likeness (QED) is 0.629. The summed E-state index contributed by atoms with van der Waals surface area (Å²) in [6.45, 7) is 0. The van der Waals surface area contributed by atoms with Gasteiger partial charge in [0.2, 0.25) is 0 Å². The van der Waals surface area contributed by atoms with E-state index in [4.69, 9.17) is 0 Å². The summed E-state index contributed by atoms with van der Waals surface area (Å²) in [5.74, 6) is 23.6. The lowest BCUT2D eigenvalue weighted by Crippen LogP contribution is -1.84. The number of hydrogen-bond donors (Lipinski definition) is 0. The highest BCUT2D eigenvalue weighted by atomic mass is 14.0. The normalized spacial score (nSPS) is 10.0. The van der Waals surface area contributed by atoms with Gasteiger partial charge in [0.05, 0.1) is 0 Å². The molecule has 1 aliphatic carbocycles. The molecule has 0 saturated heterocycles. The Kier molecular flexibility index (Phi) is 3.26. The van der Waals surface area contributed by atoms with Crippen LogP contribution in [0.1, 0.15) is 22.3 Å². The van der Waals surface area contributed by atoms with E-state index in [1.165, 1.54) is 0 Å². The van der Waals surface area contributed by atoms with Gasteiger partial charge in [-0.25, -0.2) is 0 Å². The zero-order valence-electron chi connectivity index (χ0n) is 10.6. The topological polar surface area (TPSA) is 0 Å². The second-order valence-electron chi connectivity index (χ2n) is 4.09. The molecular weight excluding hydrogens is 240 g/mol. The predicted octanol–water partition coefficient (Wildman–Crippen LogP) is 2.81. The highest BCUT2D eigenvalue weighted by Gasteiger charge is 1.95. The molecule has 20 heavy (non-hydrogen) atoms. The summed E-state index contributed by atoms with van der Waals surface area (Å²) in [5.41, 5.74) is 3.52. The van der Waals surface area contributed by atoms with Crippen molar-refractivity contribution in [2.24, 2.45) is 0 Å². The summed E-state index contributed by atoms with van der Waals surface area (Å²) in [6.07, 6.45) is 0. The van der Waals surface area contributed by atoms with Gasteiger partial charge in [-0.05, 0) is 47.9 Å². The molecule has 0 saturated carbocycles. The van der Waals surface area contributed by atoms with Crippen molar-refractivity contribution in [1.29, 1.82) is 0 Å². The second kappa shape index (κ2) is 5.55. The van der Waals surface area contributed by atoms with Gasteiger partial charge in [0.25, 0.3) is 0 Å². The smallest absolute Gasteiger partial charge is 0.0412 e. The van der Waals surface area contributed by atoms with Crippen LogP contribution in [0.3, 0.4) is 0 Å². The SMILES string of the molecule is C1#Cc2ccccc2C#CC#Cc2ccccc2C#C1. The summed E-state index contributed by atoms with van der Waals surface area (Å²) in [6, 6.07) is 15.5. The maximum atomic E-state index is 3.04. The van der Waals surface area contributed by atoms with E-state index in [-0.39, 0.29) is 0 Å². The first kappa shape index (κ1) is 11.8. The Morgan fingerprint density at radius 1 is 0.400 bits per heavy atom. The molecule has 2 aromatic carbocycles. The van der Waals surface area contributed by atoms with Gasteiger partial charge in [0, 0.05) is 22.3 Å². The molecule has 0 bridgehead atoms. The Labute approximate surface area is 118 Å². The van der Waals surface area contributed by atoms with E-state index in [9.17, 15) is 0 Å². The molecule has 0 radical (unpaired) electrons. The van der Waals surface area contributed by atoms with Gasteiger partial charge in [-0.1, -0.05) is 47.9 Å². The minimum atomic E-state index is 0.880. The molecule has 0 amide bonds. The van der Waals surface area contributed by atoms with Gasteiger partial charge in [-0.15, -0.1) is 0 Å². The zero-order valence-corrected chi connectivity index (χ0v) is 10.6. The van der Waals surface area contributed by atoms with Crippen molar-refractivity contribution < 1.29 is 0 Å². The number of benzene rings is 2. The van der Waals surface area contributed by atoms with Crippen molar-refractivity contribution >= 4 is 0 Å². The molecule has 0 atom stereocenters. The lowest BCUT2D eigenvalue weighted by Gasteiger charge is -1.95. The van der Waals surface area contributed by atoms with Crippen LogP contribution >= 0.6 is 0 Å². The number of rotatable bonds is 0. The highest BCUT2D eigenvalue weighted by Crippen LogP contribution is 2.07. The molecule has 0 aromatic heterocycles. The van der Waals surface area contributed by atoms with Crippen LogP contribution in [0.5, 0.6) is 0 Å². The molecule has 0 heterocycles. The third-order valence-corrected chi connectivity index (χ3v) is 2.77. The third-order valence-electron chi connectivity index (χ3n) is 2.77. The first-order valence-corrected chi connectivity index (χ1v) is 6.15. The van der Waals surface area contributed by atoms with E-state index < -0.39 is 0 Å². The lowest BCUT2D eigenvalue weighted by molar-refractivity contribution is 1.58. The van der Waals surface area contributed by atoms with Crippen LogP contribution in [0.2, 0.25) is 0 Å². The standard InChI is InChI=1S/C20H8/c1-2-10-18-14-7-8-16-20-12-4-3-11-19(20)15-6-5-13-17(18)9-1/h1-4,9-12H. The van der Waals surface area contributed by atoms with Gasteiger partial charge >= 0.3 is 0 Å². The molecule has 0 aliphatic heterocycles. The molecular formula is C20H8. The van der Waals surface area contributed by atoms with Gasteiger partial charge in [-0.3, -0.25) is 0 Å². The Bertz CT molecular complexity index is 757. The molecule has 2 aromatic rings. The molecule has 0 spiro atoms. The van der Waals surface area contributed by atoms with E-state index in [1.54, 1.807) is 0 Å². The number of hydrogen-bond acceptors (Lipinski definition) is 0. The molecule has 0 unspecified atom stereocenters. The van der Waals surface area contributed by atoms with E-state index in [0.29, 0.717) is 0 Å². The Morgan fingerprint density at radius 2 is 0.650 bits per heavy atom. The lowest BCUT2D eigenvalue weighted by atomic mass is 10.1. The van der Waals surface area contributed by atoms with Gasteiger partial charge < -0.3 is 0 Å². The van der Waals surface area contributed by atoms with E-state index in [0.717, 1.165) is 22.3 Å². The van der Waals surface area contributed by atoms with Crippen molar-refractivity contribution in [2.45, 2.75) is 0 Å². The van der Waals surface area contributed by atoms with Crippen LogP contribution in [-0.2, 0) is 0 Å². The molecule has 88 valence electrons. The Hall–Kier alpha value is -3.32. The average molecular weight is 248 g/mol. The van der Waals surface area contributed by atoms with Gasteiger partial charge in [-0.2, -0.15) is 0 Å². The molecule has 3 rings (SSSR count). The van der Waals surface area contributed by atoms with Crippen LogP contribution in [0, 0.1) is 47.4 Å². The Balaban J connectivity index is 2.17. The fourth-order valence-electron chi connectivity index (χ4n) is 1.80. The molecule has 0 fully saturated rings. The maximum absolute atomic E-state index is 3.04. The largest absolute Gasteiger partial charge is 0.0609 e. The first-order valence-electron chi connectivity index (χ1n) is 6.15. The van der Waals surface area contributed by atoms with Gasteiger partial charge in [0.15, 0.2) is 0 Å². The van der Waals surface area contributed by atoms with Crippen LogP contribution in [-0.4, -0.2) is 0 Å². The third kappa shape index (κ3) is 2.57. The minimum Gasteiger partial charge on any atom is -0.0609 e. The fourth-order valence-corrected chi connectivity index (χ4v) is 1.80. The van der Waals surface area contributed by atoms with E-state index in [2.05, 4.69) is 47.4 Å². The fraction of sp³-hybridized carbons (Fsp3) is 0. The summed E-state index contributed by atoms with van der Waals surface area (Å²) in [4.78, 5) is 0.